The Morgan fingerprint density at radius 3 is 2.80 bits per heavy atom. The van der Waals surface area contributed by atoms with E-state index in [2.05, 4.69) is 5.32 Å². The normalized spacial score (nSPS) is 12.5. The molecule has 0 aromatic heterocycles. The molecule has 0 aliphatic heterocycles. The first-order valence-electron chi connectivity index (χ1n) is 4.72. The minimum Gasteiger partial charge on any atom is -0.480 e. The van der Waals surface area contributed by atoms with Gasteiger partial charge in [-0.25, -0.2) is 4.39 Å². The number of nitrogens with one attached hydrogen (secondary N) is 1. The number of carbonyl (C=O) groups is 1. The zero-order chi connectivity index (χ0) is 11.4. The van der Waals surface area contributed by atoms with Crippen LogP contribution >= 0.6 is 0 Å². The second-order valence-corrected chi connectivity index (χ2v) is 3.51. The summed E-state index contributed by atoms with van der Waals surface area (Å²) in [6.07, 6.45) is 0. The highest BCUT2D eigenvalue weighted by Gasteiger charge is 2.09. The molecule has 0 saturated carbocycles. The molecule has 1 atom stereocenters. The molecule has 0 amide bonds. The van der Waals surface area contributed by atoms with E-state index in [1.807, 2.05) is 0 Å². The molecular weight excluding hydrogens is 197 g/mol. The molecule has 0 heterocycles. The van der Waals surface area contributed by atoms with Crippen molar-refractivity contribution in [3.8, 4) is 0 Å². The van der Waals surface area contributed by atoms with Crippen molar-refractivity contribution in [2.45, 2.75) is 26.4 Å². The van der Waals surface area contributed by atoms with Gasteiger partial charge < -0.3 is 10.4 Å². The second kappa shape index (κ2) is 4.89. The maximum absolute atomic E-state index is 12.8. The fourth-order valence-corrected chi connectivity index (χ4v) is 1.21. The third-order valence-electron chi connectivity index (χ3n) is 2.27. The van der Waals surface area contributed by atoms with Gasteiger partial charge >= 0.3 is 5.97 Å². The number of carboxylic acid groups (broad SMARTS) is 1. The van der Waals surface area contributed by atoms with E-state index in [1.54, 1.807) is 19.9 Å². The number of aryl methyl sites for hydroxylation is 1. The quantitative estimate of drug-likeness (QED) is 0.796. The Morgan fingerprint density at radius 2 is 2.27 bits per heavy atom. The van der Waals surface area contributed by atoms with Crippen LogP contribution < -0.4 is 5.32 Å². The minimum absolute atomic E-state index is 0.275. The SMILES string of the molecule is Cc1cc(F)ccc1CN[C@@H](C)C(=O)O. The Hall–Kier alpha value is -1.42. The molecule has 1 aromatic rings. The number of aliphatic carboxylic acids is 1. The zero-order valence-electron chi connectivity index (χ0n) is 8.75. The van der Waals surface area contributed by atoms with Crippen molar-refractivity contribution >= 4 is 5.97 Å². The molecule has 2 N–H and O–H groups in total. The molecule has 82 valence electrons. The van der Waals surface area contributed by atoms with E-state index in [4.69, 9.17) is 5.11 Å². The highest BCUT2D eigenvalue weighted by molar-refractivity contribution is 5.72. The molecule has 0 fully saturated rings. The minimum atomic E-state index is -0.894. The Labute approximate surface area is 87.9 Å². The van der Waals surface area contributed by atoms with Crippen LogP contribution in [0, 0.1) is 12.7 Å². The van der Waals surface area contributed by atoms with E-state index in [9.17, 15) is 9.18 Å². The van der Waals surface area contributed by atoms with Gasteiger partial charge in [-0.1, -0.05) is 6.07 Å². The van der Waals surface area contributed by atoms with Crippen LogP contribution in [0.2, 0.25) is 0 Å². The van der Waals surface area contributed by atoms with Crippen molar-refractivity contribution in [2.24, 2.45) is 0 Å². The smallest absolute Gasteiger partial charge is 0.320 e. The molecule has 0 aliphatic rings. The topological polar surface area (TPSA) is 49.3 Å². The van der Waals surface area contributed by atoms with Crippen LogP contribution in [0.1, 0.15) is 18.1 Å². The fraction of sp³-hybridized carbons (Fsp3) is 0.364. The molecule has 3 nitrogen and oxygen atoms in total. The molecule has 0 spiro atoms. The van der Waals surface area contributed by atoms with Gasteiger partial charge in [0, 0.05) is 6.54 Å². The average molecular weight is 211 g/mol. The zero-order valence-corrected chi connectivity index (χ0v) is 8.75. The largest absolute Gasteiger partial charge is 0.480 e. The molecule has 0 saturated heterocycles. The summed E-state index contributed by atoms with van der Waals surface area (Å²) in [5.41, 5.74) is 1.73. The predicted molar refractivity (Wildman–Crippen MR) is 55.1 cm³/mol. The standard InChI is InChI=1S/C11H14FNO2/c1-7-5-10(12)4-3-9(7)6-13-8(2)11(14)15/h3-5,8,13H,6H2,1-2H3,(H,14,15)/t8-/m0/s1. The summed E-state index contributed by atoms with van der Waals surface area (Å²) in [6.45, 7) is 3.80. The monoisotopic (exact) mass is 211 g/mol. The number of carboxylic acids is 1. The molecular formula is C11H14FNO2. The summed E-state index contributed by atoms with van der Waals surface area (Å²) in [5.74, 6) is -1.17. The second-order valence-electron chi connectivity index (χ2n) is 3.51. The van der Waals surface area contributed by atoms with E-state index in [0.29, 0.717) is 6.54 Å². The molecule has 0 bridgehead atoms. The molecule has 0 aliphatic carbocycles. The lowest BCUT2D eigenvalue weighted by Gasteiger charge is -2.10. The Bertz CT molecular complexity index is 366. The van der Waals surface area contributed by atoms with Crippen molar-refractivity contribution in [2.75, 3.05) is 0 Å². The summed E-state index contributed by atoms with van der Waals surface area (Å²) < 4.78 is 12.8. The Balaban J connectivity index is 2.62. The van der Waals surface area contributed by atoms with Gasteiger partial charge in [0.25, 0.3) is 0 Å². The van der Waals surface area contributed by atoms with Crippen LogP contribution in [0.4, 0.5) is 4.39 Å². The van der Waals surface area contributed by atoms with Crippen molar-refractivity contribution in [1.82, 2.24) is 5.32 Å². The van der Waals surface area contributed by atoms with E-state index in [0.717, 1.165) is 11.1 Å². The molecule has 4 heteroatoms. The van der Waals surface area contributed by atoms with Gasteiger partial charge in [-0.05, 0) is 37.1 Å². The van der Waals surface area contributed by atoms with Crippen LogP contribution in [-0.2, 0) is 11.3 Å². The van der Waals surface area contributed by atoms with E-state index < -0.39 is 12.0 Å². The van der Waals surface area contributed by atoms with Crippen molar-refractivity contribution in [3.63, 3.8) is 0 Å². The summed E-state index contributed by atoms with van der Waals surface area (Å²) in [4.78, 5) is 10.5. The number of rotatable bonds is 4. The lowest BCUT2D eigenvalue weighted by atomic mass is 10.1. The Kier molecular flexibility index (Phi) is 3.80. The van der Waals surface area contributed by atoms with Gasteiger partial charge in [0.15, 0.2) is 0 Å². The summed E-state index contributed by atoms with van der Waals surface area (Å²) in [7, 11) is 0. The van der Waals surface area contributed by atoms with Gasteiger partial charge in [0.05, 0.1) is 0 Å². The molecule has 0 radical (unpaired) electrons. The third kappa shape index (κ3) is 3.32. The van der Waals surface area contributed by atoms with E-state index in [1.165, 1.54) is 12.1 Å². The first kappa shape index (κ1) is 11.7. The number of benzene rings is 1. The number of hydrogen-bond acceptors (Lipinski definition) is 2. The summed E-state index contributed by atoms with van der Waals surface area (Å²) in [6, 6.07) is 3.86. The molecule has 0 unspecified atom stereocenters. The van der Waals surface area contributed by atoms with Crippen LogP contribution in [0.5, 0.6) is 0 Å². The maximum atomic E-state index is 12.8. The van der Waals surface area contributed by atoms with Crippen LogP contribution in [-0.4, -0.2) is 17.1 Å². The highest BCUT2D eigenvalue weighted by atomic mass is 19.1. The van der Waals surface area contributed by atoms with E-state index in [-0.39, 0.29) is 5.82 Å². The van der Waals surface area contributed by atoms with Gasteiger partial charge in [0.1, 0.15) is 11.9 Å². The number of hydrogen-bond donors (Lipinski definition) is 2. The lowest BCUT2D eigenvalue weighted by Crippen LogP contribution is -2.33. The van der Waals surface area contributed by atoms with Crippen LogP contribution in [0.15, 0.2) is 18.2 Å². The van der Waals surface area contributed by atoms with Crippen molar-refractivity contribution in [1.29, 1.82) is 0 Å². The predicted octanol–water partition coefficient (Wildman–Crippen LogP) is 1.70. The molecule has 1 aromatic carbocycles. The average Bonchev–Trinajstić information content (AvgIpc) is 2.15. The highest BCUT2D eigenvalue weighted by Crippen LogP contribution is 2.09. The van der Waals surface area contributed by atoms with Gasteiger partial charge in [-0.2, -0.15) is 0 Å². The van der Waals surface area contributed by atoms with Crippen LogP contribution in [0.25, 0.3) is 0 Å². The van der Waals surface area contributed by atoms with Crippen molar-refractivity contribution < 1.29 is 14.3 Å². The Morgan fingerprint density at radius 1 is 1.60 bits per heavy atom. The van der Waals surface area contributed by atoms with Gasteiger partial charge in [-0.3, -0.25) is 4.79 Å². The summed E-state index contributed by atoms with van der Waals surface area (Å²) in [5, 5.41) is 11.5. The van der Waals surface area contributed by atoms with Crippen molar-refractivity contribution in [3.05, 3.63) is 35.1 Å². The maximum Gasteiger partial charge on any atom is 0.320 e. The molecule has 1 rings (SSSR count). The fourth-order valence-electron chi connectivity index (χ4n) is 1.21. The van der Waals surface area contributed by atoms with Gasteiger partial charge in [-0.15, -0.1) is 0 Å². The molecule has 15 heavy (non-hydrogen) atoms. The van der Waals surface area contributed by atoms with E-state index >= 15 is 0 Å². The number of halogens is 1. The first-order chi connectivity index (χ1) is 7.00. The lowest BCUT2D eigenvalue weighted by molar-refractivity contribution is -0.139. The first-order valence-corrected chi connectivity index (χ1v) is 4.72. The van der Waals surface area contributed by atoms with Gasteiger partial charge in [0.2, 0.25) is 0 Å². The summed E-state index contributed by atoms with van der Waals surface area (Å²) >= 11 is 0. The third-order valence-corrected chi connectivity index (χ3v) is 2.27. The van der Waals surface area contributed by atoms with Crippen LogP contribution in [0.3, 0.4) is 0 Å².